The van der Waals surface area contributed by atoms with E-state index in [0.29, 0.717) is 24.4 Å². The van der Waals surface area contributed by atoms with E-state index in [2.05, 4.69) is 97.1 Å². The monoisotopic (exact) mass is 639 g/mol. The molecule has 48 heavy (non-hydrogen) atoms. The Kier molecular flexibility index (Phi) is 9.20. The molecule has 7 rings (SSSR count). The molecule has 1 aliphatic heterocycles. The smallest absolute Gasteiger partial charge is 0.160 e. The minimum atomic E-state index is -0.408. The van der Waals surface area contributed by atoms with E-state index in [0.717, 1.165) is 81.1 Å². The van der Waals surface area contributed by atoms with Crippen LogP contribution in [0.15, 0.2) is 79.5 Å². The van der Waals surface area contributed by atoms with Gasteiger partial charge < -0.3 is 21.1 Å². The van der Waals surface area contributed by atoms with Gasteiger partial charge in [-0.2, -0.15) is 0 Å². The molecule has 1 fully saturated rings. The molecule has 0 saturated carbocycles. The predicted molar refractivity (Wildman–Crippen MR) is 193 cm³/mol. The second-order valence-corrected chi connectivity index (χ2v) is 12.7. The number of fused-ring (bicyclic) bond motifs is 2. The molecule has 6 aromatic rings. The van der Waals surface area contributed by atoms with Crippen molar-refractivity contribution in [2.45, 2.75) is 52.8 Å². The summed E-state index contributed by atoms with van der Waals surface area (Å²) >= 11 is 0. The molecular weight excluding hydrogens is 598 g/mol. The minimum Gasteiger partial charge on any atom is -0.392 e. The normalized spacial score (nSPS) is 14.1. The third-order valence-electron chi connectivity index (χ3n) is 9.03. The van der Waals surface area contributed by atoms with Crippen LogP contribution in [0, 0.1) is 13.8 Å². The quantitative estimate of drug-likeness (QED) is 0.120. The number of aromatic nitrogens is 5. The Hall–Kier alpha value is -5.03. The standard InChI is InChI=1S/C38H41N9O/c1-24(48)18-39-19-27-17-34-36(42-20-27)38(44-23-43-34)46-33-11-7-9-31(26(33)3)30-8-6-10-32(25(30)2)45-37-35-29(12-13-40-37)16-28(21-41-35)22-47-14-4-5-15-47/h6-13,16-17,20-21,23-24,39,48H,4-5,14-15,18-19,22H2,1-3H3,(H,40,45)(H,43,44,46). The Morgan fingerprint density at radius 1 is 0.771 bits per heavy atom. The third kappa shape index (κ3) is 6.82. The summed E-state index contributed by atoms with van der Waals surface area (Å²) in [6.07, 6.45) is 9.37. The molecule has 4 N–H and O–H groups in total. The molecule has 0 radical (unpaired) electrons. The summed E-state index contributed by atoms with van der Waals surface area (Å²) in [5.41, 5.74) is 10.9. The van der Waals surface area contributed by atoms with Gasteiger partial charge in [-0.1, -0.05) is 24.3 Å². The summed E-state index contributed by atoms with van der Waals surface area (Å²) in [5.74, 6) is 1.40. The number of rotatable bonds is 11. The predicted octanol–water partition coefficient (Wildman–Crippen LogP) is 6.81. The van der Waals surface area contributed by atoms with Gasteiger partial charge in [-0.3, -0.25) is 14.9 Å². The number of hydrogen-bond acceptors (Lipinski definition) is 10. The molecular formula is C38H41N9O. The average Bonchev–Trinajstić information content (AvgIpc) is 3.60. The number of aliphatic hydroxyl groups excluding tert-OH is 1. The van der Waals surface area contributed by atoms with Crippen molar-refractivity contribution in [3.05, 3.63) is 102 Å². The van der Waals surface area contributed by atoms with Crippen molar-refractivity contribution in [2.24, 2.45) is 0 Å². The third-order valence-corrected chi connectivity index (χ3v) is 9.03. The number of nitrogens with zero attached hydrogens (tertiary/aromatic N) is 6. The van der Waals surface area contributed by atoms with Gasteiger partial charge in [0.2, 0.25) is 0 Å². The molecule has 0 bridgehead atoms. The van der Waals surface area contributed by atoms with Gasteiger partial charge in [-0.25, -0.2) is 15.0 Å². The zero-order chi connectivity index (χ0) is 33.0. The molecule has 1 saturated heterocycles. The van der Waals surface area contributed by atoms with Crippen LogP contribution in [-0.4, -0.2) is 60.7 Å². The second-order valence-electron chi connectivity index (χ2n) is 12.7. The Bertz CT molecular complexity index is 2070. The molecule has 244 valence electrons. The molecule has 10 heteroatoms. The molecule has 1 atom stereocenters. The van der Waals surface area contributed by atoms with Gasteiger partial charge in [0, 0.05) is 55.0 Å². The SMILES string of the molecule is Cc1c(Nc2nccc3cc(CN4CCCC4)cnc23)cccc1-c1cccc(Nc2ncnc3cc(CNCC(C)O)cnc23)c1C. The van der Waals surface area contributed by atoms with E-state index in [1.165, 1.54) is 18.4 Å². The Balaban J connectivity index is 1.13. The first-order chi connectivity index (χ1) is 23.4. The molecule has 1 unspecified atom stereocenters. The number of anilines is 4. The fraction of sp³-hybridized carbons (Fsp3) is 0.289. The molecule has 1 aliphatic rings. The Labute approximate surface area is 280 Å². The van der Waals surface area contributed by atoms with Crippen LogP contribution in [0.25, 0.3) is 33.1 Å². The Morgan fingerprint density at radius 3 is 2.15 bits per heavy atom. The van der Waals surface area contributed by atoms with Gasteiger partial charge >= 0.3 is 0 Å². The number of pyridine rings is 3. The van der Waals surface area contributed by atoms with Crippen molar-refractivity contribution in [1.82, 2.24) is 35.1 Å². The van der Waals surface area contributed by atoms with E-state index < -0.39 is 6.10 Å². The molecule has 0 aliphatic carbocycles. The molecule has 0 spiro atoms. The summed E-state index contributed by atoms with van der Waals surface area (Å²) in [7, 11) is 0. The highest BCUT2D eigenvalue weighted by Crippen LogP contribution is 2.36. The van der Waals surface area contributed by atoms with E-state index >= 15 is 0 Å². The zero-order valence-corrected chi connectivity index (χ0v) is 27.7. The van der Waals surface area contributed by atoms with Crippen LogP contribution in [0.1, 0.15) is 42.0 Å². The van der Waals surface area contributed by atoms with Crippen molar-refractivity contribution in [1.29, 1.82) is 0 Å². The fourth-order valence-corrected chi connectivity index (χ4v) is 6.46. The fourth-order valence-electron chi connectivity index (χ4n) is 6.46. The number of aliphatic hydroxyl groups is 1. The first kappa shape index (κ1) is 31.6. The zero-order valence-electron chi connectivity index (χ0n) is 27.7. The van der Waals surface area contributed by atoms with Crippen molar-refractivity contribution < 1.29 is 5.11 Å². The maximum atomic E-state index is 9.54. The van der Waals surface area contributed by atoms with Gasteiger partial charge in [-0.15, -0.1) is 0 Å². The maximum Gasteiger partial charge on any atom is 0.160 e. The topological polar surface area (TPSA) is 124 Å². The number of likely N-dealkylation sites (tertiary alicyclic amines) is 1. The highest BCUT2D eigenvalue weighted by molar-refractivity contribution is 5.92. The largest absolute Gasteiger partial charge is 0.392 e. The lowest BCUT2D eigenvalue weighted by molar-refractivity contribution is 0.191. The second kappa shape index (κ2) is 14.0. The van der Waals surface area contributed by atoms with Crippen molar-refractivity contribution in [3.63, 3.8) is 0 Å². The van der Waals surface area contributed by atoms with Gasteiger partial charge in [0.25, 0.3) is 0 Å². The number of nitrogens with one attached hydrogen (secondary N) is 3. The van der Waals surface area contributed by atoms with Crippen molar-refractivity contribution >= 4 is 44.9 Å². The lowest BCUT2D eigenvalue weighted by Crippen LogP contribution is -2.23. The highest BCUT2D eigenvalue weighted by atomic mass is 16.3. The van der Waals surface area contributed by atoms with Gasteiger partial charge in [0.05, 0.1) is 11.6 Å². The average molecular weight is 640 g/mol. The first-order valence-corrected chi connectivity index (χ1v) is 16.6. The summed E-state index contributed by atoms with van der Waals surface area (Å²) in [5, 5.41) is 21.0. The lowest BCUT2D eigenvalue weighted by atomic mass is 9.94. The van der Waals surface area contributed by atoms with Crippen LogP contribution >= 0.6 is 0 Å². The number of benzene rings is 2. The van der Waals surface area contributed by atoms with E-state index in [1.54, 1.807) is 13.3 Å². The molecule has 4 aromatic heterocycles. The van der Waals surface area contributed by atoms with E-state index in [-0.39, 0.29) is 0 Å². The van der Waals surface area contributed by atoms with E-state index in [9.17, 15) is 5.11 Å². The van der Waals surface area contributed by atoms with Gasteiger partial charge in [-0.05, 0) is 110 Å². The van der Waals surface area contributed by atoms with Crippen LogP contribution in [0.3, 0.4) is 0 Å². The summed E-state index contributed by atoms with van der Waals surface area (Å²) in [6, 6.07) is 18.9. The van der Waals surface area contributed by atoms with Gasteiger partial charge in [0.1, 0.15) is 17.4 Å². The summed E-state index contributed by atoms with van der Waals surface area (Å²) in [4.78, 5) is 25.7. The highest BCUT2D eigenvalue weighted by Gasteiger charge is 2.16. The van der Waals surface area contributed by atoms with Crippen LogP contribution in [0.5, 0.6) is 0 Å². The van der Waals surface area contributed by atoms with Crippen LogP contribution < -0.4 is 16.0 Å². The maximum absolute atomic E-state index is 9.54. The van der Waals surface area contributed by atoms with E-state index in [4.69, 9.17) is 4.98 Å². The lowest BCUT2D eigenvalue weighted by Gasteiger charge is -2.18. The number of hydrogen-bond donors (Lipinski definition) is 4. The molecule has 10 nitrogen and oxygen atoms in total. The van der Waals surface area contributed by atoms with Crippen LogP contribution in [0.4, 0.5) is 23.0 Å². The van der Waals surface area contributed by atoms with E-state index in [1.807, 2.05) is 30.7 Å². The van der Waals surface area contributed by atoms with Crippen LogP contribution in [-0.2, 0) is 13.1 Å². The molecule has 5 heterocycles. The summed E-state index contributed by atoms with van der Waals surface area (Å²) in [6.45, 7) is 10.4. The Morgan fingerprint density at radius 2 is 1.44 bits per heavy atom. The van der Waals surface area contributed by atoms with Crippen molar-refractivity contribution in [2.75, 3.05) is 30.3 Å². The minimum absolute atomic E-state index is 0.408. The van der Waals surface area contributed by atoms with Crippen molar-refractivity contribution in [3.8, 4) is 11.1 Å². The summed E-state index contributed by atoms with van der Waals surface area (Å²) < 4.78 is 0. The first-order valence-electron chi connectivity index (χ1n) is 16.6. The molecule has 2 aromatic carbocycles. The van der Waals surface area contributed by atoms with Crippen LogP contribution in [0.2, 0.25) is 0 Å². The molecule has 0 amide bonds. The van der Waals surface area contributed by atoms with Gasteiger partial charge in [0.15, 0.2) is 11.6 Å².